The van der Waals surface area contributed by atoms with Crippen LogP contribution < -0.4 is 9.44 Å². The monoisotopic (exact) mass is 428 g/mol. The Balaban J connectivity index is 2.16. The number of methoxy groups -OCH3 is 1. The van der Waals surface area contributed by atoms with Crippen LogP contribution in [0.25, 0.3) is 0 Å². The number of alkyl halides is 3. The summed E-state index contributed by atoms with van der Waals surface area (Å²) < 4.78 is 95.8. The van der Waals surface area contributed by atoms with Gasteiger partial charge in [-0.25, -0.2) is 4.79 Å². The molecule has 0 fully saturated rings. The molecule has 0 aliphatic rings. The van der Waals surface area contributed by atoms with E-state index in [1.165, 1.54) is 4.72 Å². The maximum atomic E-state index is 12.3. The summed E-state index contributed by atoms with van der Waals surface area (Å²) in [5, 5.41) is -0.607. The van der Waals surface area contributed by atoms with Crippen LogP contribution >= 0.6 is 0 Å². The second-order valence-corrected chi connectivity index (χ2v) is 8.13. The zero-order valence-corrected chi connectivity index (χ0v) is 14.9. The van der Waals surface area contributed by atoms with E-state index in [0.29, 0.717) is 0 Å². The van der Waals surface area contributed by atoms with Crippen LogP contribution in [0.4, 0.5) is 24.5 Å². The summed E-state index contributed by atoms with van der Waals surface area (Å²) >= 11 is 0. The number of halogens is 3. The van der Waals surface area contributed by atoms with Gasteiger partial charge in [0.05, 0.1) is 7.11 Å². The second-order valence-electron chi connectivity index (χ2n) is 4.84. The van der Waals surface area contributed by atoms with E-state index in [0.717, 1.165) is 43.5 Å². The normalized spacial score (nSPS) is 12.4. The van der Waals surface area contributed by atoms with Crippen molar-refractivity contribution in [1.82, 2.24) is 0 Å². The first-order chi connectivity index (χ1) is 12.4. The summed E-state index contributed by atoms with van der Waals surface area (Å²) in [4.78, 5) is 11.3. The number of carbonyl (C=O) groups excluding carboxylic acids is 1. The maximum Gasteiger partial charge on any atom is 0.516 e. The third-order valence-corrected chi connectivity index (χ3v) is 5.29. The van der Waals surface area contributed by atoms with Crippen LogP contribution in [0.2, 0.25) is 0 Å². The summed E-state index contributed by atoms with van der Waals surface area (Å²) in [6.45, 7) is 0. The molecule has 0 amide bonds. The molecule has 2 rings (SSSR count). The summed E-state index contributed by atoms with van der Waals surface area (Å²) in [5.41, 5.74) is -6.02. The van der Waals surface area contributed by atoms with Crippen LogP contribution in [0.3, 0.4) is 0 Å². The minimum Gasteiger partial charge on any atom is -0.463 e. The van der Waals surface area contributed by atoms with E-state index in [9.17, 15) is 34.8 Å². The molecule has 0 atom stereocenters. The smallest absolute Gasteiger partial charge is 0.463 e. The molecule has 1 aromatic heterocycles. The van der Waals surface area contributed by atoms with Crippen molar-refractivity contribution in [2.24, 2.45) is 0 Å². The molecular formula is C13H11F3N2O7S2. The van der Waals surface area contributed by atoms with E-state index >= 15 is 0 Å². The van der Waals surface area contributed by atoms with E-state index in [4.69, 9.17) is 4.42 Å². The molecule has 2 aromatic rings. The number of sulfonamides is 2. The highest BCUT2D eigenvalue weighted by atomic mass is 32.2. The zero-order valence-electron chi connectivity index (χ0n) is 13.3. The third-order valence-electron chi connectivity index (χ3n) is 2.93. The van der Waals surface area contributed by atoms with Gasteiger partial charge in [-0.1, -0.05) is 0 Å². The molecule has 0 saturated carbocycles. The van der Waals surface area contributed by atoms with E-state index in [-0.39, 0.29) is 11.4 Å². The van der Waals surface area contributed by atoms with Crippen molar-refractivity contribution in [3.8, 4) is 0 Å². The topological polar surface area (TPSA) is 132 Å². The van der Waals surface area contributed by atoms with Crippen molar-refractivity contribution in [2.75, 3.05) is 16.6 Å². The fourth-order valence-corrected chi connectivity index (χ4v) is 3.26. The molecule has 1 aromatic carbocycles. The van der Waals surface area contributed by atoms with Crippen LogP contribution in [-0.2, 0) is 24.8 Å². The molecule has 148 valence electrons. The van der Waals surface area contributed by atoms with Gasteiger partial charge in [-0.3, -0.25) is 9.44 Å². The number of benzene rings is 1. The Labute approximate surface area is 151 Å². The van der Waals surface area contributed by atoms with Crippen LogP contribution in [-0.4, -0.2) is 35.4 Å². The summed E-state index contributed by atoms with van der Waals surface area (Å²) in [7, 11) is -8.77. The third kappa shape index (κ3) is 4.71. The van der Waals surface area contributed by atoms with E-state index in [1.54, 1.807) is 0 Å². The number of anilines is 2. The minimum absolute atomic E-state index is 0.0963. The standard InChI is InChI=1S/C13H11F3N2O7S2/c1-24-12(19)10-6-7-11(25-10)26(20,21)17-8-2-4-9(5-3-8)18-27(22,23)13(14,15)16/h2-7,17-18H,1H3. The molecule has 0 spiro atoms. The maximum absolute atomic E-state index is 12.3. The average molecular weight is 428 g/mol. The molecule has 14 heteroatoms. The number of furan rings is 1. The quantitative estimate of drug-likeness (QED) is 0.674. The Morgan fingerprint density at radius 1 is 0.963 bits per heavy atom. The number of ether oxygens (including phenoxy) is 1. The predicted octanol–water partition coefficient (Wildman–Crippen LogP) is 2.13. The number of carbonyl (C=O) groups is 1. The van der Waals surface area contributed by atoms with Gasteiger partial charge in [-0.2, -0.15) is 30.0 Å². The molecule has 0 saturated heterocycles. The number of hydrogen-bond acceptors (Lipinski definition) is 7. The van der Waals surface area contributed by atoms with E-state index < -0.39 is 42.3 Å². The van der Waals surface area contributed by atoms with Crippen LogP contribution in [0.1, 0.15) is 10.6 Å². The molecule has 2 N–H and O–H groups in total. The van der Waals surface area contributed by atoms with Crippen molar-refractivity contribution in [3.05, 3.63) is 42.2 Å². The highest BCUT2D eigenvalue weighted by Gasteiger charge is 2.46. The van der Waals surface area contributed by atoms with Gasteiger partial charge in [0.25, 0.3) is 10.0 Å². The van der Waals surface area contributed by atoms with Crippen molar-refractivity contribution in [2.45, 2.75) is 10.6 Å². The summed E-state index contributed by atoms with van der Waals surface area (Å²) in [6, 6.07) is 5.97. The first-order valence-electron chi connectivity index (χ1n) is 6.76. The average Bonchev–Trinajstić information content (AvgIpc) is 3.05. The Kier molecular flexibility index (Phi) is 5.42. The van der Waals surface area contributed by atoms with Crippen LogP contribution in [0.15, 0.2) is 45.9 Å². The fraction of sp³-hybridized carbons (Fsp3) is 0.154. The van der Waals surface area contributed by atoms with Gasteiger partial charge in [-0.15, -0.1) is 0 Å². The first-order valence-corrected chi connectivity index (χ1v) is 9.72. The molecule has 1 heterocycles. The van der Waals surface area contributed by atoms with Crippen LogP contribution in [0.5, 0.6) is 0 Å². The molecular weight excluding hydrogens is 417 g/mol. The van der Waals surface area contributed by atoms with E-state index in [2.05, 4.69) is 9.46 Å². The lowest BCUT2D eigenvalue weighted by atomic mass is 10.3. The molecule has 0 bridgehead atoms. The SMILES string of the molecule is COC(=O)c1ccc(S(=O)(=O)Nc2ccc(NS(=O)(=O)C(F)(F)F)cc2)o1. The number of nitrogens with one attached hydrogen (secondary N) is 2. The van der Waals surface area contributed by atoms with Gasteiger partial charge in [0.1, 0.15) is 0 Å². The molecule has 0 aliphatic carbocycles. The Morgan fingerprint density at radius 3 is 1.96 bits per heavy atom. The van der Waals surface area contributed by atoms with Crippen molar-refractivity contribution in [1.29, 1.82) is 0 Å². The lowest BCUT2D eigenvalue weighted by Crippen LogP contribution is -2.29. The Morgan fingerprint density at radius 2 is 1.48 bits per heavy atom. The van der Waals surface area contributed by atoms with Crippen molar-refractivity contribution < 1.29 is 44.0 Å². The zero-order chi connectivity index (χ0) is 20.5. The first kappa shape index (κ1) is 20.6. The van der Waals surface area contributed by atoms with Gasteiger partial charge >= 0.3 is 21.5 Å². The predicted molar refractivity (Wildman–Crippen MR) is 85.9 cm³/mol. The molecule has 0 unspecified atom stereocenters. The van der Waals surface area contributed by atoms with Gasteiger partial charge in [0, 0.05) is 11.4 Å². The number of rotatable bonds is 6. The van der Waals surface area contributed by atoms with Gasteiger partial charge in [0.2, 0.25) is 10.9 Å². The Hall–Kier alpha value is -2.74. The lowest BCUT2D eigenvalue weighted by molar-refractivity contribution is -0.0429. The molecule has 27 heavy (non-hydrogen) atoms. The van der Waals surface area contributed by atoms with Gasteiger partial charge < -0.3 is 9.15 Å². The Bertz CT molecular complexity index is 1040. The van der Waals surface area contributed by atoms with Crippen molar-refractivity contribution in [3.63, 3.8) is 0 Å². The highest BCUT2D eigenvalue weighted by Crippen LogP contribution is 2.26. The highest BCUT2D eigenvalue weighted by molar-refractivity contribution is 7.93. The lowest BCUT2D eigenvalue weighted by Gasteiger charge is -2.11. The number of esters is 1. The van der Waals surface area contributed by atoms with Crippen LogP contribution in [0, 0.1) is 0 Å². The summed E-state index contributed by atoms with van der Waals surface area (Å²) in [5.74, 6) is -1.24. The van der Waals surface area contributed by atoms with Gasteiger partial charge in [-0.05, 0) is 36.4 Å². The number of hydrogen-bond donors (Lipinski definition) is 2. The van der Waals surface area contributed by atoms with E-state index in [1.807, 2.05) is 0 Å². The minimum atomic E-state index is -5.60. The molecule has 9 nitrogen and oxygen atoms in total. The second kappa shape index (κ2) is 7.11. The largest absolute Gasteiger partial charge is 0.516 e. The molecule has 0 aliphatic heterocycles. The van der Waals surface area contributed by atoms with Crippen molar-refractivity contribution >= 4 is 37.4 Å². The fourth-order valence-electron chi connectivity index (χ4n) is 1.70. The molecule has 0 radical (unpaired) electrons. The van der Waals surface area contributed by atoms with Gasteiger partial charge in [0.15, 0.2) is 0 Å². The summed E-state index contributed by atoms with van der Waals surface area (Å²) in [6.07, 6.45) is 0.